The lowest BCUT2D eigenvalue weighted by molar-refractivity contribution is 0.100. The molecule has 4 rings (SSSR count). The van der Waals surface area contributed by atoms with E-state index < -0.39 is 0 Å². The standard InChI is InChI=1S/C22H18N2O/c1-16-8-7-12-19(14-16)24-15-18-11-5-6-13-20(18)21(24)23-22(25)17-9-3-2-4-10-17/h2-14H,15H2,1H3. The zero-order valence-electron chi connectivity index (χ0n) is 14.0. The summed E-state index contributed by atoms with van der Waals surface area (Å²) in [4.78, 5) is 19.2. The molecule has 0 atom stereocenters. The Bertz CT molecular complexity index is 961. The van der Waals surface area contributed by atoms with E-state index in [2.05, 4.69) is 41.1 Å². The Morgan fingerprint density at radius 1 is 0.920 bits per heavy atom. The quantitative estimate of drug-likeness (QED) is 0.689. The number of amides is 1. The molecule has 0 fully saturated rings. The van der Waals surface area contributed by atoms with Crippen LogP contribution in [0.5, 0.6) is 0 Å². The summed E-state index contributed by atoms with van der Waals surface area (Å²) < 4.78 is 0. The van der Waals surface area contributed by atoms with Crippen molar-refractivity contribution in [1.29, 1.82) is 0 Å². The highest BCUT2D eigenvalue weighted by Gasteiger charge is 2.27. The van der Waals surface area contributed by atoms with Crippen LogP contribution in [0.3, 0.4) is 0 Å². The first-order chi connectivity index (χ1) is 12.2. The number of hydrogen-bond acceptors (Lipinski definition) is 1. The Balaban J connectivity index is 1.80. The molecule has 0 saturated carbocycles. The minimum atomic E-state index is -0.218. The van der Waals surface area contributed by atoms with E-state index in [1.165, 1.54) is 11.1 Å². The number of rotatable bonds is 2. The molecule has 1 aliphatic heterocycles. The number of amidine groups is 1. The van der Waals surface area contributed by atoms with E-state index in [4.69, 9.17) is 0 Å². The lowest BCUT2D eigenvalue weighted by Crippen LogP contribution is -2.25. The number of anilines is 1. The number of aryl methyl sites for hydroxylation is 1. The van der Waals surface area contributed by atoms with Gasteiger partial charge in [0.25, 0.3) is 5.91 Å². The number of carbonyl (C=O) groups is 1. The van der Waals surface area contributed by atoms with Gasteiger partial charge in [-0.2, -0.15) is 4.99 Å². The van der Waals surface area contributed by atoms with Gasteiger partial charge in [-0.3, -0.25) is 4.79 Å². The maximum absolute atomic E-state index is 12.6. The molecule has 0 aromatic heterocycles. The van der Waals surface area contributed by atoms with Gasteiger partial charge in [0.15, 0.2) is 0 Å². The fourth-order valence-corrected chi connectivity index (χ4v) is 3.14. The van der Waals surface area contributed by atoms with Crippen LogP contribution in [-0.4, -0.2) is 11.7 Å². The van der Waals surface area contributed by atoms with Gasteiger partial charge in [0.05, 0.1) is 6.54 Å². The van der Waals surface area contributed by atoms with Gasteiger partial charge in [0.2, 0.25) is 0 Å². The molecule has 0 bridgehead atoms. The monoisotopic (exact) mass is 326 g/mol. The molecule has 1 amide bonds. The number of hydrogen-bond donors (Lipinski definition) is 0. The Morgan fingerprint density at radius 2 is 1.68 bits per heavy atom. The van der Waals surface area contributed by atoms with Crippen LogP contribution >= 0.6 is 0 Å². The van der Waals surface area contributed by atoms with Gasteiger partial charge in [0, 0.05) is 16.8 Å². The summed E-state index contributed by atoms with van der Waals surface area (Å²) in [7, 11) is 0. The van der Waals surface area contributed by atoms with E-state index >= 15 is 0 Å². The fraction of sp³-hybridized carbons (Fsp3) is 0.0909. The van der Waals surface area contributed by atoms with Crippen molar-refractivity contribution in [2.75, 3.05) is 4.90 Å². The van der Waals surface area contributed by atoms with Crippen molar-refractivity contribution in [3.8, 4) is 0 Å². The van der Waals surface area contributed by atoms with Crippen LogP contribution in [0.15, 0.2) is 83.9 Å². The molecule has 3 nitrogen and oxygen atoms in total. The zero-order chi connectivity index (χ0) is 17.2. The SMILES string of the molecule is Cc1cccc(N2Cc3ccccc3C2=NC(=O)c2ccccc2)c1. The third-order valence-corrected chi connectivity index (χ3v) is 4.38. The van der Waals surface area contributed by atoms with Gasteiger partial charge in [-0.15, -0.1) is 0 Å². The largest absolute Gasteiger partial charge is 0.321 e. The van der Waals surface area contributed by atoms with Crippen molar-refractivity contribution in [2.45, 2.75) is 13.5 Å². The highest BCUT2D eigenvalue weighted by Crippen LogP contribution is 2.29. The molecular weight excluding hydrogens is 308 g/mol. The van der Waals surface area contributed by atoms with Crippen LogP contribution in [0.1, 0.15) is 27.0 Å². The number of benzene rings is 3. The Morgan fingerprint density at radius 3 is 2.48 bits per heavy atom. The predicted molar refractivity (Wildman–Crippen MR) is 101 cm³/mol. The van der Waals surface area contributed by atoms with E-state index in [1.54, 1.807) is 12.1 Å². The Kier molecular flexibility index (Phi) is 3.90. The van der Waals surface area contributed by atoms with E-state index in [-0.39, 0.29) is 5.91 Å². The number of aliphatic imine (C=N–C) groups is 1. The molecule has 0 N–H and O–H groups in total. The minimum Gasteiger partial charge on any atom is -0.321 e. The summed E-state index contributed by atoms with van der Waals surface area (Å²) in [6, 6.07) is 25.6. The smallest absolute Gasteiger partial charge is 0.278 e. The third-order valence-electron chi connectivity index (χ3n) is 4.38. The molecule has 25 heavy (non-hydrogen) atoms. The molecule has 0 saturated heterocycles. The van der Waals surface area contributed by atoms with Crippen molar-refractivity contribution in [3.63, 3.8) is 0 Å². The summed E-state index contributed by atoms with van der Waals surface area (Å²) in [6.07, 6.45) is 0. The highest BCUT2D eigenvalue weighted by atomic mass is 16.1. The summed E-state index contributed by atoms with van der Waals surface area (Å²) in [6.45, 7) is 2.79. The third kappa shape index (κ3) is 2.96. The molecule has 0 spiro atoms. The first-order valence-electron chi connectivity index (χ1n) is 8.33. The zero-order valence-corrected chi connectivity index (χ0v) is 14.0. The fourth-order valence-electron chi connectivity index (χ4n) is 3.14. The van der Waals surface area contributed by atoms with Crippen LogP contribution in [0, 0.1) is 6.92 Å². The average Bonchev–Trinajstić information content (AvgIpc) is 3.01. The molecule has 0 aliphatic carbocycles. The summed E-state index contributed by atoms with van der Waals surface area (Å²) in [5.41, 5.74) is 5.04. The van der Waals surface area contributed by atoms with Crippen LogP contribution in [0.4, 0.5) is 5.69 Å². The maximum atomic E-state index is 12.6. The second kappa shape index (κ2) is 6.36. The topological polar surface area (TPSA) is 32.7 Å². The molecule has 1 heterocycles. The van der Waals surface area contributed by atoms with Crippen LogP contribution in [0.25, 0.3) is 0 Å². The second-order valence-electron chi connectivity index (χ2n) is 6.19. The van der Waals surface area contributed by atoms with E-state index in [1.807, 2.05) is 42.5 Å². The highest BCUT2D eigenvalue weighted by molar-refractivity contribution is 6.18. The van der Waals surface area contributed by atoms with Crippen LogP contribution in [-0.2, 0) is 6.54 Å². The molecule has 3 aromatic carbocycles. The predicted octanol–water partition coefficient (Wildman–Crippen LogP) is 4.60. The number of nitrogens with zero attached hydrogens (tertiary/aromatic N) is 2. The van der Waals surface area contributed by atoms with E-state index in [9.17, 15) is 4.79 Å². The maximum Gasteiger partial charge on any atom is 0.278 e. The number of fused-ring (bicyclic) bond motifs is 1. The van der Waals surface area contributed by atoms with Gasteiger partial charge in [-0.05, 0) is 42.3 Å². The minimum absolute atomic E-state index is 0.218. The van der Waals surface area contributed by atoms with Gasteiger partial charge >= 0.3 is 0 Å². The summed E-state index contributed by atoms with van der Waals surface area (Å²) in [5.74, 6) is 0.500. The van der Waals surface area contributed by atoms with Gasteiger partial charge in [-0.25, -0.2) is 0 Å². The lowest BCUT2D eigenvalue weighted by atomic mass is 10.1. The molecule has 0 radical (unpaired) electrons. The molecule has 0 unspecified atom stereocenters. The van der Waals surface area contributed by atoms with Crippen molar-refractivity contribution < 1.29 is 4.79 Å². The Labute approximate surface area is 147 Å². The second-order valence-corrected chi connectivity index (χ2v) is 6.19. The molecule has 122 valence electrons. The van der Waals surface area contributed by atoms with E-state index in [0.717, 1.165) is 23.6 Å². The molecular formula is C22H18N2O. The Hall–Kier alpha value is -3.20. The normalized spacial score (nSPS) is 14.6. The molecule has 3 aromatic rings. The molecule has 3 heteroatoms. The lowest BCUT2D eigenvalue weighted by Gasteiger charge is -2.19. The van der Waals surface area contributed by atoms with Gasteiger partial charge < -0.3 is 4.90 Å². The van der Waals surface area contributed by atoms with Crippen molar-refractivity contribution in [1.82, 2.24) is 0 Å². The van der Waals surface area contributed by atoms with Crippen LogP contribution in [0.2, 0.25) is 0 Å². The average molecular weight is 326 g/mol. The number of carbonyl (C=O) groups excluding carboxylic acids is 1. The van der Waals surface area contributed by atoms with Gasteiger partial charge in [-0.1, -0.05) is 54.6 Å². The first-order valence-corrected chi connectivity index (χ1v) is 8.33. The van der Waals surface area contributed by atoms with E-state index in [0.29, 0.717) is 5.56 Å². The summed E-state index contributed by atoms with van der Waals surface area (Å²) >= 11 is 0. The van der Waals surface area contributed by atoms with Crippen molar-refractivity contribution in [3.05, 3.63) is 101 Å². The van der Waals surface area contributed by atoms with Gasteiger partial charge in [0.1, 0.15) is 5.84 Å². The van der Waals surface area contributed by atoms with Crippen molar-refractivity contribution in [2.24, 2.45) is 4.99 Å². The summed E-state index contributed by atoms with van der Waals surface area (Å²) in [5, 5.41) is 0. The first kappa shape index (κ1) is 15.3. The molecule has 1 aliphatic rings. The van der Waals surface area contributed by atoms with Crippen molar-refractivity contribution >= 4 is 17.4 Å². The van der Waals surface area contributed by atoms with Crippen LogP contribution < -0.4 is 4.90 Å².